The van der Waals surface area contributed by atoms with Crippen LogP contribution in [-0.2, 0) is 0 Å². The van der Waals surface area contributed by atoms with E-state index in [4.69, 9.17) is 0 Å². The molecule has 3 aliphatic rings. The van der Waals surface area contributed by atoms with Crippen molar-refractivity contribution in [2.24, 2.45) is 23.2 Å². The van der Waals surface area contributed by atoms with Crippen LogP contribution in [0.15, 0.2) is 35.5 Å². The zero-order valence-electron chi connectivity index (χ0n) is 19.7. The van der Waals surface area contributed by atoms with E-state index in [1.165, 1.54) is 43.3 Å². The van der Waals surface area contributed by atoms with Gasteiger partial charge in [-0.15, -0.1) is 0 Å². The van der Waals surface area contributed by atoms with Crippen LogP contribution in [0.5, 0.6) is 0 Å². The highest BCUT2D eigenvalue weighted by Crippen LogP contribution is 2.60. The minimum absolute atomic E-state index is 0.215. The molecule has 0 radical (unpaired) electrons. The van der Waals surface area contributed by atoms with E-state index < -0.39 is 11.7 Å². The number of rotatable bonds is 6. The van der Waals surface area contributed by atoms with Gasteiger partial charge >= 0.3 is 0 Å². The van der Waals surface area contributed by atoms with Crippen LogP contribution in [0.2, 0.25) is 0 Å². The van der Waals surface area contributed by atoms with Gasteiger partial charge in [0.05, 0.1) is 17.8 Å². The van der Waals surface area contributed by atoms with Gasteiger partial charge in [0.1, 0.15) is 0 Å². The summed E-state index contributed by atoms with van der Waals surface area (Å²) in [6, 6.07) is 0. The fraction of sp³-hybridized carbons (Fsp3) is 0.778. The molecule has 30 heavy (non-hydrogen) atoms. The molecule has 3 fully saturated rings. The quantitative estimate of drug-likeness (QED) is 0.520. The Morgan fingerprint density at radius 2 is 1.90 bits per heavy atom. The van der Waals surface area contributed by atoms with Crippen molar-refractivity contribution in [3.63, 3.8) is 0 Å². The van der Waals surface area contributed by atoms with E-state index in [-0.39, 0.29) is 6.10 Å². The highest BCUT2D eigenvalue weighted by atomic mass is 16.3. The van der Waals surface area contributed by atoms with E-state index in [9.17, 15) is 15.3 Å². The third-order valence-electron chi connectivity index (χ3n) is 8.62. The Bertz CT molecular complexity index is 683. The largest absolute Gasteiger partial charge is 0.393 e. The minimum Gasteiger partial charge on any atom is -0.393 e. The van der Waals surface area contributed by atoms with Crippen molar-refractivity contribution in [2.75, 3.05) is 0 Å². The molecule has 0 aromatic heterocycles. The lowest BCUT2D eigenvalue weighted by Crippen LogP contribution is -2.38. The van der Waals surface area contributed by atoms with Crippen molar-refractivity contribution in [1.29, 1.82) is 0 Å². The lowest BCUT2D eigenvalue weighted by molar-refractivity contribution is -0.0554. The summed E-state index contributed by atoms with van der Waals surface area (Å²) in [7, 11) is 0. The van der Waals surface area contributed by atoms with Crippen LogP contribution in [0.1, 0.15) is 91.9 Å². The molecule has 0 saturated heterocycles. The van der Waals surface area contributed by atoms with Crippen molar-refractivity contribution >= 4 is 0 Å². The summed E-state index contributed by atoms with van der Waals surface area (Å²) in [4.78, 5) is 0. The second-order valence-electron chi connectivity index (χ2n) is 11.3. The summed E-state index contributed by atoms with van der Waals surface area (Å²) in [5, 5.41) is 30.3. The molecule has 3 aliphatic carbocycles. The predicted molar refractivity (Wildman–Crippen MR) is 124 cm³/mol. The first-order valence-corrected chi connectivity index (χ1v) is 12.2. The number of allylic oxidation sites excluding steroid dienone is 4. The van der Waals surface area contributed by atoms with Gasteiger partial charge in [0.25, 0.3) is 0 Å². The van der Waals surface area contributed by atoms with Crippen molar-refractivity contribution in [2.45, 2.75) is 110 Å². The maximum atomic E-state index is 10.3. The van der Waals surface area contributed by atoms with E-state index in [2.05, 4.69) is 32.6 Å². The molecular weight excluding hydrogens is 372 g/mol. The molecule has 0 aromatic rings. The molecule has 0 aliphatic heterocycles. The van der Waals surface area contributed by atoms with Gasteiger partial charge < -0.3 is 15.3 Å². The van der Waals surface area contributed by atoms with Crippen LogP contribution in [0.25, 0.3) is 0 Å². The Morgan fingerprint density at radius 1 is 1.17 bits per heavy atom. The zero-order chi connectivity index (χ0) is 22.1. The van der Waals surface area contributed by atoms with Gasteiger partial charge in [-0.25, -0.2) is 0 Å². The lowest BCUT2D eigenvalue weighted by atomic mass is 9.60. The number of hydrogen-bond acceptors (Lipinski definition) is 3. The molecule has 0 aromatic carbocycles. The van der Waals surface area contributed by atoms with Gasteiger partial charge in [-0.1, -0.05) is 43.7 Å². The Kier molecular flexibility index (Phi) is 7.37. The van der Waals surface area contributed by atoms with Crippen molar-refractivity contribution in [1.82, 2.24) is 0 Å². The smallest absolute Gasteiger partial charge is 0.0849 e. The SMILES string of the molecule is C=C1CC[C@H](O)CC1=CC=C1CCC[C@@]2(C)C1CC[C@@H]2[C@H](C)CC[C@@H](O)C(C)(C)O. The van der Waals surface area contributed by atoms with Gasteiger partial charge in [0.15, 0.2) is 0 Å². The van der Waals surface area contributed by atoms with Crippen molar-refractivity contribution in [3.8, 4) is 0 Å². The standard InChI is InChI=1S/C27H44O3/c1-18-8-12-22(28)17-21(18)11-10-20-7-6-16-27(5)23(13-14-24(20)27)19(2)9-15-25(29)26(3,4)30/h10-11,19,22-25,28-30H,1,6-9,12-17H2,2-5H3/t19-,22+,23-,24?,25-,27-/m1/s1. The zero-order valence-corrected chi connectivity index (χ0v) is 19.7. The summed E-state index contributed by atoms with van der Waals surface area (Å²) < 4.78 is 0. The summed E-state index contributed by atoms with van der Waals surface area (Å²) in [6.07, 6.45) is 14.1. The summed E-state index contributed by atoms with van der Waals surface area (Å²) in [5.74, 6) is 1.89. The van der Waals surface area contributed by atoms with Gasteiger partial charge in [-0.2, -0.15) is 0 Å². The fourth-order valence-corrected chi connectivity index (χ4v) is 6.58. The Morgan fingerprint density at radius 3 is 2.60 bits per heavy atom. The van der Waals surface area contributed by atoms with Crippen LogP contribution in [0, 0.1) is 23.2 Å². The molecule has 3 N–H and O–H groups in total. The van der Waals surface area contributed by atoms with Gasteiger partial charge in [0.2, 0.25) is 0 Å². The molecule has 0 amide bonds. The number of aliphatic hydroxyl groups excluding tert-OH is 2. The first-order valence-electron chi connectivity index (χ1n) is 12.2. The van der Waals surface area contributed by atoms with Crippen molar-refractivity contribution in [3.05, 3.63) is 35.5 Å². The molecule has 170 valence electrons. The molecule has 3 rings (SSSR count). The monoisotopic (exact) mass is 416 g/mol. The van der Waals surface area contributed by atoms with E-state index in [1.54, 1.807) is 19.4 Å². The van der Waals surface area contributed by atoms with E-state index in [1.807, 2.05) is 0 Å². The van der Waals surface area contributed by atoms with Gasteiger partial charge in [-0.3, -0.25) is 0 Å². The molecule has 0 heterocycles. The Labute approximate surface area is 184 Å². The summed E-state index contributed by atoms with van der Waals surface area (Å²) >= 11 is 0. The average molecular weight is 417 g/mol. The van der Waals surface area contributed by atoms with E-state index in [0.29, 0.717) is 29.6 Å². The van der Waals surface area contributed by atoms with Crippen LogP contribution < -0.4 is 0 Å². The second kappa shape index (κ2) is 9.30. The first-order chi connectivity index (χ1) is 14.0. The first kappa shape index (κ1) is 23.8. The number of fused-ring (bicyclic) bond motifs is 1. The fourth-order valence-electron chi connectivity index (χ4n) is 6.58. The van der Waals surface area contributed by atoms with Gasteiger partial charge in [-0.05, 0) is 107 Å². The molecule has 3 heteroatoms. The normalized spacial score (nSPS) is 37.4. The lowest BCUT2D eigenvalue weighted by Gasteiger charge is -2.44. The third kappa shape index (κ3) is 5.11. The minimum atomic E-state index is -1.02. The topological polar surface area (TPSA) is 60.7 Å². The molecule has 0 spiro atoms. The molecular formula is C27H44O3. The highest BCUT2D eigenvalue weighted by molar-refractivity contribution is 5.36. The highest BCUT2D eigenvalue weighted by Gasteiger charge is 2.50. The van der Waals surface area contributed by atoms with Crippen LogP contribution >= 0.6 is 0 Å². The molecule has 6 atom stereocenters. The third-order valence-corrected chi connectivity index (χ3v) is 8.62. The maximum absolute atomic E-state index is 10.3. The van der Waals surface area contributed by atoms with Crippen LogP contribution in [0.3, 0.4) is 0 Å². The maximum Gasteiger partial charge on any atom is 0.0849 e. The molecule has 0 bridgehead atoms. The molecule has 3 saturated carbocycles. The second-order valence-corrected chi connectivity index (χ2v) is 11.3. The Balaban J connectivity index is 1.69. The van der Waals surface area contributed by atoms with Crippen LogP contribution in [0.4, 0.5) is 0 Å². The Hall–Kier alpha value is -0.900. The van der Waals surface area contributed by atoms with E-state index >= 15 is 0 Å². The molecule has 3 nitrogen and oxygen atoms in total. The van der Waals surface area contributed by atoms with Gasteiger partial charge in [0, 0.05) is 0 Å². The summed E-state index contributed by atoms with van der Waals surface area (Å²) in [6.45, 7) is 12.5. The van der Waals surface area contributed by atoms with Crippen LogP contribution in [-0.4, -0.2) is 33.1 Å². The molecule has 1 unspecified atom stereocenters. The summed E-state index contributed by atoms with van der Waals surface area (Å²) in [5.41, 5.74) is 3.34. The number of hydrogen-bond donors (Lipinski definition) is 3. The van der Waals surface area contributed by atoms with E-state index in [0.717, 1.165) is 25.7 Å². The number of aliphatic hydroxyl groups is 3. The van der Waals surface area contributed by atoms with Crippen molar-refractivity contribution < 1.29 is 15.3 Å². The average Bonchev–Trinajstić information content (AvgIpc) is 3.03. The predicted octanol–water partition coefficient (Wildman–Crippen LogP) is 5.70.